The number of hydrogen-bond donors (Lipinski definition) is 1. The minimum Gasteiger partial charge on any atom is -0.349 e. The molecule has 98 valence electrons. The molecule has 0 aromatic heterocycles. The lowest BCUT2D eigenvalue weighted by molar-refractivity contribution is -0.124. The standard InChI is InChI=1S/C13H12N2O4/c1-8(16)14-6-9(17)7-15-12(18)10-4-2-3-5-11(10)13(15)19/h2-5H,6-7H2,1H3,(H,14,16). The van der Waals surface area contributed by atoms with Crippen molar-refractivity contribution in [1.82, 2.24) is 10.2 Å². The molecule has 1 aromatic rings. The van der Waals surface area contributed by atoms with Crippen LogP contribution >= 0.6 is 0 Å². The Bertz CT molecular complexity index is 545. The van der Waals surface area contributed by atoms with E-state index in [4.69, 9.17) is 0 Å². The summed E-state index contributed by atoms with van der Waals surface area (Å²) < 4.78 is 0. The van der Waals surface area contributed by atoms with E-state index in [2.05, 4.69) is 5.32 Å². The van der Waals surface area contributed by atoms with Crippen LogP contribution in [0.5, 0.6) is 0 Å². The lowest BCUT2D eigenvalue weighted by Gasteiger charge is -2.12. The minimum absolute atomic E-state index is 0.192. The summed E-state index contributed by atoms with van der Waals surface area (Å²) in [5, 5.41) is 2.33. The van der Waals surface area contributed by atoms with Gasteiger partial charge in [-0.3, -0.25) is 24.1 Å². The van der Waals surface area contributed by atoms with Crippen LogP contribution in [0.3, 0.4) is 0 Å². The van der Waals surface area contributed by atoms with E-state index in [1.54, 1.807) is 24.3 Å². The average molecular weight is 260 g/mol. The molecule has 0 fully saturated rings. The Morgan fingerprint density at radius 1 is 1.11 bits per heavy atom. The molecular weight excluding hydrogens is 248 g/mol. The summed E-state index contributed by atoms with van der Waals surface area (Å²) in [7, 11) is 0. The fraction of sp³-hybridized carbons (Fsp3) is 0.231. The molecule has 0 spiro atoms. The van der Waals surface area contributed by atoms with Gasteiger partial charge in [0.1, 0.15) is 0 Å². The van der Waals surface area contributed by atoms with Gasteiger partial charge in [0, 0.05) is 6.92 Å². The third kappa shape index (κ3) is 2.52. The number of Topliss-reactive ketones (excluding diaryl/α,β-unsaturated/α-hetero) is 1. The first kappa shape index (κ1) is 12.9. The smallest absolute Gasteiger partial charge is 0.261 e. The molecule has 2 rings (SSSR count). The van der Waals surface area contributed by atoms with Gasteiger partial charge in [-0.1, -0.05) is 12.1 Å². The molecule has 19 heavy (non-hydrogen) atoms. The Morgan fingerprint density at radius 3 is 2.11 bits per heavy atom. The molecule has 0 atom stereocenters. The van der Waals surface area contributed by atoms with Crippen LogP contribution in [0.4, 0.5) is 0 Å². The van der Waals surface area contributed by atoms with Gasteiger partial charge in [-0.25, -0.2) is 0 Å². The average Bonchev–Trinajstić information content (AvgIpc) is 2.62. The number of imide groups is 1. The van der Waals surface area contributed by atoms with Gasteiger partial charge in [0.2, 0.25) is 5.91 Å². The first-order valence-electron chi connectivity index (χ1n) is 5.72. The van der Waals surface area contributed by atoms with Crippen LogP contribution in [0.1, 0.15) is 27.6 Å². The fourth-order valence-electron chi connectivity index (χ4n) is 1.84. The first-order valence-corrected chi connectivity index (χ1v) is 5.72. The maximum atomic E-state index is 11.9. The molecule has 1 aliphatic rings. The predicted molar refractivity (Wildman–Crippen MR) is 65.5 cm³/mol. The van der Waals surface area contributed by atoms with Crippen LogP contribution in [-0.2, 0) is 9.59 Å². The van der Waals surface area contributed by atoms with Crippen molar-refractivity contribution in [3.8, 4) is 0 Å². The first-order chi connectivity index (χ1) is 9.00. The molecule has 0 saturated carbocycles. The normalized spacial score (nSPS) is 13.4. The second-order valence-electron chi connectivity index (χ2n) is 4.19. The highest BCUT2D eigenvalue weighted by atomic mass is 16.2. The molecule has 1 aromatic carbocycles. The zero-order valence-electron chi connectivity index (χ0n) is 10.3. The summed E-state index contributed by atoms with van der Waals surface area (Å²) >= 11 is 0. The Kier molecular flexibility index (Phi) is 3.41. The number of benzene rings is 1. The molecule has 0 unspecified atom stereocenters. The number of carbonyl (C=O) groups excluding carboxylic acids is 4. The molecule has 0 bridgehead atoms. The summed E-state index contributed by atoms with van der Waals surface area (Å²) in [6.07, 6.45) is 0. The van der Waals surface area contributed by atoms with E-state index in [1.165, 1.54) is 6.92 Å². The molecule has 1 heterocycles. The lowest BCUT2D eigenvalue weighted by Crippen LogP contribution is -2.39. The molecule has 6 heteroatoms. The predicted octanol–water partition coefficient (Wildman–Crippen LogP) is -0.0122. The molecule has 0 radical (unpaired) electrons. The molecule has 3 amide bonds. The number of amides is 3. The SMILES string of the molecule is CC(=O)NCC(=O)CN1C(=O)c2ccccc2C1=O. The summed E-state index contributed by atoms with van der Waals surface area (Å²) in [4.78, 5) is 47.1. The second kappa shape index (κ2) is 5.01. The third-order valence-corrected chi connectivity index (χ3v) is 2.75. The monoisotopic (exact) mass is 260 g/mol. The van der Waals surface area contributed by atoms with Gasteiger partial charge in [-0.15, -0.1) is 0 Å². The van der Waals surface area contributed by atoms with Crippen molar-refractivity contribution >= 4 is 23.5 Å². The van der Waals surface area contributed by atoms with Crippen molar-refractivity contribution in [1.29, 1.82) is 0 Å². The highest BCUT2D eigenvalue weighted by Crippen LogP contribution is 2.21. The van der Waals surface area contributed by atoms with Crippen LogP contribution in [-0.4, -0.2) is 41.5 Å². The van der Waals surface area contributed by atoms with E-state index < -0.39 is 17.6 Å². The van der Waals surface area contributed by atoms with Crippen molar-refractivity contribution < 1.29 is 19.2 Å². The Labute approximate surface area is 109 Å². The van der Waals surface area contributed by atoms with E-state index in [1.807, 2.05) is 0 Å². The quantitative estimate of drug-likeness (QED) is 0.772. The number of rotatable bonds is 4. The van der Waals surface area contributed by atoms with Gasteiger partial charge < -0.3 is 5.32 Å². The van der Waals surface area contributed by atoms with E-state index in [0.29, 0.717) is 11.1 Å². The second-order valence-corrected chi connectivity index (χ2v) is 4.19. The summed E-state index contributed by atoms with van der Waals surface area (Å²) in [5.74, 6) is -1.69. The zero-order chi connectivity index (χ0) is 14.0. The van der Waals surface area contributed by atoms with Crippen LogP contribution in [0.15, 0.2) is 24.3 Å². The van der Waals surface area contributed by atoms with E-state index in [9.17, 15) is 19.2 Å². The van der Waals surface area contributed by atoms with E-state index in [-0.39, 0.29) is 19.0 Å². The largest absolute Gasteiger partial charge is 0.349 e. The van der Waals surface area contributed by atoms with E-state index in [0.717, 1.165) is 4.90 Å². The number of hydrogen-bond acceptors (Lipinski definition) is 4. The molecular formula is C13H12N2O4. The van der Waals surface area contributed by atoms with Gasteiger partial charge in [0.25, 0.3) is 11.8 Å². The molecule has 0 saturated heterocycles. The number of nitrogens with one attached hydrogen (secondary N) is 1. The minimum atomic E-state index is -0.475. The Morgan fingerprint density at radius 2 is 1.63 bits per heavy atom. The number of fused-ring (bicyclic) bond motifs is 1. The zero-order valence-corrected chi connectivity index (χ0v) is 10.3. The summed E-state index contributed by atoms with van der Waals surface area (Å²) in [6.45, 7) is 0.769. The summed E-state index contributed by atoms with van der Waals surface area (Å²) in [6, 6.07) is 6.42. The number of nitrogens with zero attached hydrogens (tertiary/aromatic N) is 1. The fourth-order valence-corrected chi connectivity index (χ4v) is 1.84. The van der Waals surface area contributed by atoms with Gasteiger partial charge >= 0.3 is 0 Å². The van der Waals surface area contributed by atoms with Crippen molar-refractivity contribution in [2.75, 3.05) is 13.1 Å². The summed E-state index contributed by atoms with van der Waals surface area (Å²) in [5.41, 5.74) is 0.611. The van der Waals surface area contributed by atoms with Crippen molar-refractivity contribution in [2.24, 2.45) is 0 Å². The highest BCUT2D eigenvalue weighted by Gasteiger charge is 2.35. The van der Waals surface area contributed by atoms with Gasteiger partial charge in [0.15, 0.2) is 5.78 Å². The van der Waals surface area contributed by atoms with Crippen LogP contribution < -0.4 is 5.32 Å². The van der Waals surface area contributed by atoms with Crippen molar-refractivity contribution in [2.45, 2.75) is 6.92 Å². The van der Waals surface area contributed by atoms with Gasteiger partial charge in [0.05, 0.1) is 24.2 Å². The highest BCUT2D eigenvalue weighted by molar-refractivity contribution is 6.22. The maximum Gasteiger partial charge on any atom is 0.261 e. The molecule has 0 aliphatic carbocycles. The maximum absolute atomic E-state index is 11.9. The molecule has 1 aliphatic heterocycles. The Hall–Kier alpha value is -2.50. The number of carbonyl (C=O) groups is 4. The van der Waals surface area contributed by atoms with E-state index >= 15 is 0 Å². The third-order valence-electron chi connectivity index (χ3n) is 2.75. The van der Waals surface area contributed by atoms with Crippen LogP contribution in [0.25, 0.3) is 0 Å². The van der Waals surface area contributed by atoms with Crippen molar-refractivity contribution in [3.05, 3.63) is 35.4 Å². The van der Waals surface area contributed by atoms with Crippen molar-refractivity contribution in [3.63, 3.8) is 0 Å². The Balaban J connectivity index is 2.08. The van der Waals surface area contributed by atoms with Gasteiger partial charge in [-0.05, 0) is 12.1 Å². The van der Waals surface area contributed by atoms with Crippen LogP contribution in [0, 0.1) is 0 Å². The van der Waals surface area contributed by atoms with Crippen LogP contribution in [0.2, 0.25) is 0 Å². The molecule has 1 N–H and O–H groups in total. The number of ketones is 1. The lowest BCUT2D eigenvalue weighted by atomic mass is 10.1. The topological polar surface area (TPSA) is 83.6 Å². The van der Waals surface area contributed by atoms with Gasteiger partial charge in [-0.2, -0.15) is 0 Å². The molecule has 6 nitrogen and oxygen atoms in total.